The lowest BCUT2D eigenvalue weighted by molar-refractivity contribution is -0.569. The molecule has 0 bridgehead atoms. The van der Waals surface area contributed by atoms with Crippen molar-refractivity contribution in [3.63, 3.8) is 0 Å². The largest absolute Gasteiger partial charge is 0.416 e. The highest BCUT2D eigenvalue weighted by molar-refractivity contribution is 5.85. The van der Waals surface area contributed by atoms with Gasteiger partial charge in [0.05, 0.1) is 5.56 Å². The molecule has 0 amide bonds. The van der Waals surface area contributed by atoms with Crippen molar-refractivity contribution in [2.75, 3.05) is 6.54 Å². The molecule has 0 heterocycles. The predicted octanol–water partition coefficient (Wildman–Crippen LogP) is 6.56. The summed E-state index contributed by atoms with van der Waals surface area (Å²) in [6.45, 7) is 2.91. The molecule has 1 nitrogen and oxygen atoms in total. The summed E-state index contributed by atoms with van der Waals surface area (Å²) >= 11 is 0. The first-order valence-electron chi connectivity index (χ1n) is 9.23. The molecule has 1 unspecified atom stereocenters. The Morgan fingerprint density at radius 2 is 1.68 bits per heavy atom. The van der Waals surface area contributed by atoms with Gasteiger partial charge in [0, 0.05) is 18.9 Å². The number of hydrogen-bond acceptors (Lipinski definition) is 0. The molecule has 5 heteroatoms. The lowest BCUT2D eigenvalue weighted by Crippen LogP contribution is -2.19. The second kappa shape index (κ2) is 8.55. The van der Waals surface area contributed by atoms with Crippen LogP contribution in [0.15, 0.2) is 66.7 Å². The summed E-state index contributed by atoms with van der Waals surface area (Å²) in [4.78, 5) is 0. The molecule has 3 aromatic rings. The fourth-order valence-electron chi connectivity index (χ4n) is 3.49. The van der Waals surface area contributed by atoms with Crippen molar-refractivity contribution in [1.29, 1.82) is 0 Å². The number of nitrogens with zero attached hydrogens (tertiary/aromatic N) is 1. The standard InChI is InChI=1S/C23H22F4N/c1-17(21-13-5-10-19-9-2-3-12-22(19)21)28(16-24)14-6-8-18-7-4-11-20(15-18)23(25,26)27/h2-5,7,9-13,15-17H,6,8,14H2,1H3/q+1. The number of aryl methyl sites for hydroxylation is 1. The molecule has 0 aliphatic carbocycles. The zero-order chi connectivity index (χ0) is 20.1. The van der Waals surface area contributed by atoms with Gasteiger partial charge in [-0.25, -0.2) is 4.58 Å². The van der Waals surface area contributed by atoms with Gasteiger partial charge in [0.15, 0.2) is 6.04 Å². The molecule has 3 aromatic carbocycles. The van der Waals surface area contributed by atoms with E-state index in [-0.39, 0.29) is 6.04 Å². The highest BCUT2D eigenvalue weighted by atomic mass is 19.4. The van der Waals surface area contributed by atoms with E-state index in [1.807, 2.05) is 49.4 Å². The van der Waals surface area contributed by atoms with Crippen molar-refractivity contribution in [1.82, 2.24) is 0 Å². The van der Waals surface area contributed by atoms with E-state index in [4.69, 9.17) is 0 Å². The van der Waals surface area contributed by atoms with E-state index in [2.05, 4.69) is 0 Å². The van der Waals surface area contributed by atoms with Crippen LogP contribution >= 0.6 is 0 Å². The Bertz CT molecular complexity index is 970. The molecule has 0 saturated carbocycles. The summed E-state index contributed by atoms with van der Waals surface area (Å²) in [6.07, 6.45) is -3.34. The Kier molecular flexibility index (Phi) is 6.12. The van der Waals surface area contributed by atoms with Gasteiger partial charge in [-0.15, -0.1) is 4.39 Å². The molecule has 0 radical (unpaired) electrons. The van der Waals surface area contributed by atoms with Crippen LogP contribution in [-0.2, 0) is 12.6 Å². The Balaban J connectivity index is 1.70. The Hall–Kier alpha value is -2.69. The summed E-state index contributed by atoms with van der Waals surface area (Å²) in [5.74, 6) is 0. The van der Waals surface area contributed by atoms with Gasteiger partial charge in [0.2, 0.25) is 0 Å². The van der Waals surface area contributed by atoms with Gasteiger partial charge < -0.3 is 0 Å². The average molecular weight is 388 g/mol. The van der Waals surface area contributed by atoms with Crippen molar-refractivity contribution in [3.8, 4) is 0 Å². The third kappa shape index (κ3) is 4.58. The normalized spacial score (nSPS) is 13.7. The maximum absolute atomic E-state index is 13.6. The number of rotatable bonds is 6. The van der Waals surface area contributed by atoms with E-state index >= 15 is 0 Å². The monoisotopic (exact) mass is 388 g/mol. The first-order chi connectivity index (χ1) is 13.4. The van der Waals surface area contributed by atoms with Crippen LogP contribution in [-0.4, -0.2) is 17.6 Å². The smallest absolute Gasteiger partial charge is 0.205 e. The highest BCUT2D eigenvalue weighted by Crippen LogP contribution is 2.30. The van der Waals surface area contributed by atoms with Gasteiger partial charge >= 0.3 is 12.6 Å². The van der Waals surface area contributed by atoms with E-state index in [0.29, 0.717) is 31.4 Å². The molecular formula is C23H22F4N+. The van der Waals surface area contributed by atoms with Gasteiger partial charge in [-0.05, 0) is 28.8 Å². The third-order valence-electron chi connectivity index (χ3n) is 5.03. The minimum atomic E-state index is -4.35. The molecule has 146 valence electrons. The molecule has 3 rings (SSSR count). The summed E-state index contributed by atoms with van der Waals surface area (Å²) in [7, 11) is 0. The molecule has 0 N–H and O–H groups in total. The Morgan fingerprint density at radius 1 is 0.964 bits per heavy atom. The van der Waals surface area contributed by atoms with Gasteiger partial charge in [-0.1, -0.05) is 60.7 Å². The van der Waals surface area contributed by atoms with Crippen molar-refractivity contribution < 1.29 is 22.1 Å². The number of hydrogen-bond donors (Lipinski definition) is 0. The molecule has 0 aromatic heterocycles. The summed E-state index contributed by atoms with van der Waals surface area (Å²) in [5, 5.41) is 2.16. The fraction of sp³-hybridized carbons (Fsp3) is 0.261. The van der Waals surface area contributed by atoms with Crippen molar-refractivity contribution in [2.45, 2.75) is 32.0 Å². The van der Waals surface area contributed by atoms with Crippen LogP contribution in [0, 0.1) is 0 Å². The molecule has 0 spiro atoms. The summed E-state index contributed by atoms with van der Waals surface area (Å²) in [6, 6.07) is 19.0. The van der Waals surface area contributed by atoms with Crippen LogP contribution in [0.1, 0.15) is 36.1 Å². The van der Waals surface area contributed by atoms with Crippen LogP contribution < -0.4 is 0 Å². The predicted molar refractivity (Wildman–Crippen MR) is 104 cm³/mol. The van der Waals surface area contributed by atoms with E-state index in [9.17, 15) is 17.6 Å². The molecule has 1 atom stereocenters. The number of benzene rings is 3. The van der Waals surface area contributed by atoms with Gasteiger partial charge in [0.1, 0.15) is 6.54 Å². The molecule has 0 fully saturated rings. The summed E-state index contributed by atoms with van der Waals surface area (Å²) < 4.78 is 53.7. The maximum atomic E-state index is 13.6. The van der Waals surface area contributed by atoms with E-state index in [0.717, 1.165) is 28.5 Å². The molecule has 0 aliphatic heterocycles. The first kappa shape index (κ1) is 20.1. The van der Waals surface area contributed by atoms with Gasteiger partial charge in [-0.3, -0.25) is 0 Å². The lowest BCUT2D eigenvalue weighted by Gasteiger charge is -2.14. The van der Waals surface area contributed by atoms with E-state index in [1.165, 1.54) is 6.07 Å². The lowest BCUT2D eigenvalue weighted by atomic mass is 9.99. The maximum Gasteiger partial charge on any atom is 0.416 e. The number of halogens is 4. The van der Waals surface area contributed by atoms with E-state index < -0.39 is 11.7 Å². The highest BCUT2D eigenvalue weighted by Gasteiger charge is 2.30. The second-order valence-corrected chi connectivity index (χ2v) is 6.88. The van der Waals surface area contributed by atoms with Crippen molar-refractivity contribution in [2.24, 2.45) is 0 Å². The number of alkyl halides is 3. The van der Waals surface area contributed by atoms with Crippen molar-refractivity contribution >= 4 is 17.2 Å². The van der Waals surface area contributed by atoms with E-state index in [1.54, 1.807) is 10.6 Å². The Morgan fingerprint density at radius 3 is 2.43 bits per heavy atom. The zero-order valence-corrected chi connectivity index (χ0v) is 15.6. The van der Waals surface area contributed by atoms with Crippen LogP contribution in [0.5, 0.6) is 0 Å². The van der Waals surface area contributed by atoms with Crippen LogP contribution in [0.4, 0.5) is 17.6 Å². The number of fused-ring (bicyclic) bond motifs is 1. The first-order valence-corrected chi connectivity index (χ1v) is 9.23. The summed E-state index contributed by atoms with van der Waals surface area (Å²) in [5.41, 5.74) is 0.973. The topological polar surface area (TPSA) is 3.01 Å². The fourth-order valence-corrected chi connectivity index (χ4v) is 3.49. The molecular weight excluding hydrogens is 366 g/mol. The molecule has 28 heavy (non-hydrogen) atoms. The SMILES string of the molecule is CC(c1cccc2ccccc12)[N+](=CF)CCCc1cccc(C(F)(F)F)c1. The van der Waals surface area contributed by atoms with Crippen LogP contribution in [0.2, 0.25) is 0 Å². The van der Waals surface area contributed by atoms with Crippen LogP contribution in [0.25, 0.3) is 10.8 Å². The average Bonchev–Trinajstić information content (AvgIpc) is 2.70. The van der Waals surface area contributed by atoms with Crippen molar-refractivity contribution in [3.05, 3.63) is 83.4 Å². The van der Waals surface area contributed by atoms with Gasteiger partial charge in [0.25, 0.3) is 0 Å². The molecule has 0 saturated heterocycles. The van der Waals surface area contributed by atoms with Gasteiger partial charge in [-0.2, -0.15) is 13.2 Å². The minimum absolute atomic E-state index is 0.183. The minimum Gasteiger partial charge on any atom is -0.205 e. The Labute approximate surface area is 161 Å². The second-order valence-electron chi connectivity index (χ2n) is 6.88. The zero-order valence-electron chi connectivity index (χ0n) is 15.6. The molecule has 0 aliphatic rings. The van der Waals surface area contributed by atoms with Crippen LogP contribution in [0.3, 0.4) is 0 Å². The third-order valence-corrected chi connectivity index (χ3v) is 5.03. The quantitative estimate of drug-likeness (QED) is 0.255.